The number of hydrogen-bond acceptors (Lipinski definition) is 3. The van der Waals surface area contributed by atoms with E-state index in [1.165, 1.54) is 52.0 Å². The molecule has 1 fully saturated rings. The number of hydrogen-bond donors (Lipinski definition) is 1. The van der Waals surface area contributed by atoms with Crippen LogP contribution in [0.2, 0.25) is 0 Å². The Bertz CT molecular complexity index is 176. The number of likely N-dealkylation sites (N-methyl/N-ethyl adjacent to an activating group) is 1. The van der Waals surface area contributed by atoms with Crippen molar-refractivity contribution in [2.24, 2.45) is 5.92 Å². The molecular formula is C14H31N3. The fourth-order valence-corrected chi connectivity index (χ4v) is 2.34. The third kappa shape index (κ3) is 7.74. The zero-order valence-electron chi connectivity index (χ0n) is 12.0. The molecule has 0 aliphatic carbocycles. The van der Waals surface area contributed by atoms with Crippen molar-refractivity contribution in [2.45, 2.75) is 33.1 Å². The molecule has 3 heteroatoms. The molecule has 0 aromatic rings. The molecule has 1 aliphatic rings. The van der Waals surface area contributed by atoms with Crippen LogP contribution in [0.4, 0.5) is 0 Å². The minimum absolute atomic E-state index is 0.760. The Kier molecular flexibility index (Phi) is 7.82. The van der Waals surface area contributed by atoms with Gasteiger partial charge < -0.3 is 15.1 Å². The SMILES string of the molecule is CC(C)CNCCN(C)CCCN1CCCC1. The molecule has 0 spiro atoms. The van der Waals surface area contributed by atoms with Gasteiger partial charge in [0, 0.05) is 13.1 Å². The molecule has 0 bridgehead atoms. The topological polar surface area (TPSA) is 18.5 Å². The first-order valence-corrected chi connectivity index (χ1v) is 7.30. The number of nitrogens with zero attached hydrogens (tertiary/aromatic N) is 2. The lowest BCUT2D eigenvalue weighted by molar-refractivity contribution is 0.278. The summed E-state index contributed by atoms with van der Waals surface area (Å²) in [6.45, 7) is 13.1. The second-order valence-corrected chi connectivity index (χ2v) is 5.80. The van der Waals surface area contributed by atoms with Gasteiger partial charge in [0.25, 0.3) is 0 Å². The minimum Gasteiger partial charge on any atom is -0.315 e. The molecule has 1 saturated heterocycles. The van der Waals surface area contributed by atoms with Crippen LogP contribution in [0, 0.1) is 5.92 Å². The highest BCUT2D eigenvalue weighted by atomic mass is 15.1. The van der Waals surface area contributed by atoms with Gasteiger partial charge in [-0.25, -0.2) is 0 Å². The molecule has 1 heterocycles. The van der Waals surface area contributed by atoms with Crippen LogP contribution in [-0.2, 0) is 0 Å². The van der Waals surface area contributed by atoms with Gasteiger partial charge in [0.2, 0.25) is 0 Å². The second kappa shape index (κ2) is 8.90. The third-order valence-electron chi connectivity index (χ3n) is 3.44. The summed E-state index contributed by atoms with van der Waals surface area (Å²) >= 11 is 0. The Balaban J connectivity index is 1.88. The lowest BCUT2D eigenvalue weighted by Gasteiger charge is -2.20. The molecule has 1 N–H and O–H groups in total. The van der Waals surface area contributed by atoms with E-state index in [1.807, 2.05) is 0 Å². The summed E-state index contributed by atoms with van der Waals surface area (Å²) in [5.41, 5.74) is 0. The molecule has 0 unspecified atom stereocenters. The summed E-state index contributed by atoms with van der Waals surface area (Å²) in [4.78, 5) is 5.05. The first-order chi connectivity index (χ1) is 8.18. The number of likely N-dealkylation sites (tertiary alicyclic amines) is 1. The van der Waals surface area contributed by atoms with Gasteiger partial charge in [0.05, 0.1) is 0 Å². The van der Waals surface area contributed by atoms with Gasteiger partial charge in [-0.3, -0.25) is 0 Å². The third-order valence-corrected chi connectivity index (χ3v) is 3.44. The van der Waals surface area contributed by atoms with Crippen molar-refractivity contribution in [3.63, 3.8) is 0 Å². The summed E-state index contributed by atoms with van der Waals surface area (Å²) in [5, 5.41) is 3.50. The van der Waals surface area contributed by atoms with Crippen molar-refractivity contribution < 1.29 is 0 Å². The van der Waals surface area contributed by atoms with E-state index in [1.54, 1.807) is 0 Å². The van der Waals surface area contributed by atoms with E-state index >= 15 is 0 Å². The summed E-state index contributed by atoms with van der Waals surface area (Å²) in [5.74, 6) is 0.760. The molecule has 3 nitrogen and oxygen atoms in total. The first-order valence-electron chi connectivity index (χ1n) is 7.30. The highest BCUT2D eigenvalue weighted by Crippen LogP contribution is 2.07. The standard InChI is InChI=1S/C14H31N3/c1-14(2)13-15-7-12-16(3)8-6-11-17-9-4-5-10-17/h14-15H,4-13H2,1-3H3. The Morgan fingerprint density at radius 2 is 1.88 bits per heavy atom. The molecule has 0 atom stereocenters. The van der Waals surface area contributed by atoms with Gasteiger partial charge in [0.15, 0.2) is 0 Å². The maximum Gasteiger partial charge on any atom is 0.0104 e. The van der Waals surface area contributed by atoms with Crippen LogP contribution in [0.5, 0.6) is 0 Å². The summed E-state index contributed by atoms with van der Waals surface area (Å²) in [6, 6.07) is 0. The fourth-order valence-electron chi connectivity index (χ4n) is 2.34. The van der Waals surface area contributed by atoms with Crippen LogP contribution in [0.25, 0.3) is 0 Å². The maximum absolute atomic E-state index is 3.50. The van der Waals surface area contributed by atoms with Gasteiger partial charge in [-0.1, -0.05) is 13.8 Å². The van der Waals surface area contributed by atoms with Crippen molar-refractivity contribution in [2.75, 3.05) is 52.9 Å². The van der Waals surface area contributed by atoms with E-state index in [9.17, 15) is 0 Å². The molecule has 0 amide bonds. The van der Waals surface area contributed by atoms with Gasteiger partial charge in [0.1, 0.15) is 0 Å². The van der Waals surface area contributed by atoms with Crippen LogP contribution >= 0.6 is 0 Å². The first kappa shape index (κ1) is 14.9. The molecule has 1 rings (SSSR count). The van der Waals surface area contributed by atoms with Crippen molar-refractivity contribution in [1.82, 2.24) is 15.1 Å². The fraction of sp³-hybridized carbons (Fsp3) is 1.00. The van der Waals surface area contributed by atoms with E-state index in [4.69, 9.17) is 0 Å². The van der Waals surface area contributed by atoms with Crippen LogP contribution in [0.1, 0.15) is 33.1 Å². The highest BCUT2D eigenvalue weighted by Gasteiger charge is 2.10. The Morgan fingerprint density at radius 1 is 1.18 bits per heavy atom. The summed E-state index contributed by atoms with van der Waals surface area (Å²) in [6.07, 6.45) is 4.14. The molecule has 0 aromatic heterocycles. The van der Waals surface area contributed by atoms with Gasteiger partial charge >= 0.3 is 0 Å². The zero-order valence-corrected chi connectivity index (χ0v) is 12.0. The average molecular weight is 241 g/mol. The van der Waals surface area contributed by atoms with E-state index in [0.29, 0.717) is 0 Å². The van der Waals surface area contributed by atoms with Crippen LogP contribution in [0.15, 0.2) is 0 Å². The van der Waals surface area contributed by atoms with Gasteiger partial charge in [-0.2, -0.15) is 0 Å². The lowest BCUT2D eigenvalue weighted by Crippen LogP contribution is -2.33. The maximum atomic E-state index is 3.50. The van der Waals surface area contributed by atoms with Crippen LogP contribution in [-0.4, -0.2) is 62.7 Å². The van der Waals surface area contributed by atoms with Crippen molar-refractivity contribution >= 4 is 0 Å². The molecule has 0 aromatic carbocycles. The predicted octanol–water partition coefficient (Wildman–Crippen LogP) is 1.65. The van der Waals surface area contributed by atoms with Gasteiger partial charge in [-0.05, 0) is 65.0 Å². The summed E-state index contributed by atoms with van der Waals surface area (Å²) in [7, 11) is 2.24. The van der Waals surface area contributed by atoms with Crippen molar-refractivity contribution in [3.05, 3.63) is 0 Å². The van der Waals surface area contributed by atoms with Crippen molar-refractivity contribution in [1.29, 1.82) is 0 Å². The summed E-state index contributed by atoms with van der Waals surface area (Å²) < 4.78 is 0. The van der Waals surface area contributed by atoms with Crippen LogP contribution < -0.4 is 5.32 Å². The molecule has 0 radical (unpaired) electrons. The Labute approximate surface area is 108 Å². The Morgan fingerprint density at radius 3 is 2.53 bits per heavy atom. The number of nitrogens with one attached hydrogen (secondary N) is 1. The van der Waals surface area contributed by atoms with E-state index in [2.05, 4.69) is 36.0 Å². The lowest BCUT2D eigenvalue weighted by atomic mass is 10.2. The highest BCUT2D eigenvalue weighted by molar-refractivity contribution is 4.66. The molecular weight excluding hydrogens is 210 g/mol. The van der Waals surface area contributed by atoms with Crippen molar-refractivity contribution in [3.8, 4) is 0 Å². The molecule has 17 heavy (non-hydrogen) atoms. The largest absolute Gasteiger partial charge is 0.315 e. The average Bonchev–Trinajstić information content (AvgIpc) is 2.77. The zero-order chi connectivity index (χ0) is 12.5. The number of rotatable bonds is 9. The van der Waals surface area contributed by atoms with Gasteiger partial charge in [-0.15, -0.1) is 0 Å². The van der Waals surface area contributed by atoms with E-state index < -0.39 is 0 Å². The predicted molar refractivity (Wildman–Crippen MR) is 75.5 cm³/mol. The Hall–Kier alpha value is -0.120. The van der Waals surface area contributed by atoms with E-state index in [-0.39, 0.29) is 0 Å². The minimum atomic E-state index is 0.760. The smallest absolute Gasteiger partial charge is 0.0104 e. The quantitative estimate of drug-likeness (QED) is 0.619. The monoisotopic (exact) mass is 241 g/mol. The normalized spacial score (nSPS) is 17.5. The molecule has 102 valence electrons. The molecule has 0 saturated carbocycles. The molecule has 1 aliphatic heterocycles. The van der Waals surface area contributed by atoms with E-state index in [0.717, 1.165) is 19.0 Å². The second-order valence-electron chi connectivity index (χ2n) is 5.80. The van der Waals surface area contributed by atoms with Crippen LogP contribution in [0.3, 0.4) is 0 Å².